The van der Waals surface area contributed by atoms with Crippen LogP contribution < -0.4 is 10.5 Å². The smallest absolute Gasteiger partial charge is 0.269 e. The van der Waals surface area contributed by atoms with Crippen molar-refractivity contribution in [3.8, 4) is 17.1 Å². The third-order valence-electron chi connectivity index (χ3n) is 6.42. The van der Waals surface area contributed by atoms with Crippen molar-refractivity contribution < 1.29 is 14.3 Å². The Labute approximate surface area is 186 Å². The standard InChI is InChI=1S/C25H26N4O3/c1-16-6-5-9-20(12-16)32-15-22(30)29-18-10-11-19(29)14-28-21(13-18)23(24(26)31)27-25(28)17-7-3-2-4-8-17/h2-9,12,18-19H,10-11,13-15H2,1H3,(H2,26,31)/t18-,19+/m0/s1. The van der Waals surface area contributed by atoms with Gasteiger partial charge in [0.05, 0.1) is 11.7 Å². The van der Waals surface area contributed by atoms with Crippen molar-refractivity contribution in [2.75, 3.05) is 6.61 Å². The molecular weight excluding hydrogens is 404 g/mol. The Balaban J connectivity index is 1.43. The Hall–Kier alpha value is -3.61. The number of imidazole rings is 1. The van der Waals surface area contributed by atoms with Gasteiger partial charge in [0.15, 0.2) is 6.61 Å². The summed E-state index contributed by atoms with van der Waals surface area (Å²) in [6.45, 7) is 2.58. The van der Waals surface area contributed by atoms with E-state index in [4.69, 9.17) is 10.5 Å². The molecule has 7 heteroatoms. The van der Waals surface area contributed by atoms with E-state index in [1.54, 1.807) is 0 Å². The summed E-state index contributed by atoms with van der Waals surface area (Å²) in [7, 11) is 0. The van der Waals surface area contributed by atoms with Crippen LogP contribution in [0.1, 0.15) is 34.6 Å². The number of aromatic nitrogens is 2. The number of amides is 2. The first-order valence-electron chi connectivity index (χ1n) is 11.0. The summed E-state index contributed by atoms with van der Waals surface area (Å²) in [5.41, 5.74) is 8.82. The molecule has 2 aliphatic rings. The van der Waals surface area contributed by atoms with Crippen LogP contribution in [0.25, 0.3) is 11.4 Å². The maximum Gasteiger partial charge on any atom is 0.269 e. The van der Waals surface area contributed by atoms with Gasteiger partial charge in [0.1, 0.15) is 17.3 Å². The van der Waals surface area contributed by atoms with E-state index in [9.17, 15) is 9.59 Å². The van der Waals surface area contributed by atoms with Crippen molar-refractivity contribution in [2.45, 2.75) is 44.8 Å². The Kier molecular flexibility index (Phi) is 5.17. The molecule has 5 rings (SSSR count). The molecule has 32 heavy (non-hydrogen) atoms. The topological polar surface area (TPSA) is 90.4 Å². The van der Waals surface area contributed by atoms with Crippen molar-refractivity contribution in [3.05, 3.63) is 71.5 Å². The number of nitrogens with zero attached hydrogens (tertiary/aromatic N) is 3. The monoisotopic (exact) mass is 430 g/mol. The molecular formula is C25H26N4O3. The Bertz CT molecular complexity index is 1170. The van der Waals surface area contributed by atoms with Crippen LogP contribution in [0.2, 0.25) is 0 Å². The van der Waals surface area contributed by atoms with E-state index in [1.807, 2.05) is 66.4 Å². The van der Waals surface area contributed by atoms with Crippen molar-refractivity contribution in [3.63, 3.8) is 0 Å². The second-order valence-corrected chi connectivity index (χ2v) is 8.57. The molecule has 0 spiro atoms. The van der Waals surface area contributed by atoms with Gasteiger partial charge < -0.3 is 19.9 Å². The molecule has 1 aromatic heterocycles. The maximum atomic E-state index is 13.2. The first-order chi connectivity index (χ1) is 15.5. The molecule has 3 heterocycles. The van der Waals surface area contributed by atoms with Gasteiger partial charge in [0.2, 0.25) is 0 Å². The quantitative estimate of drug-likeness (QED) is 0.674. The van der Waals surface area contributed by atoms with E-state index in [0.717, 1.165) is 35.5 Å². The highest BCUT2D eigenvalue weighted by atomic mass is 16.5. The normalized spacial score (nSPS) is 19.3. The number of primary amides is 1. The molecule has 7 nitrogen and oxygen atoms in total. The average molecular weight is 431 g/mol. The van der Waals surface area contributed by atoms with Crippen molar-refractivity contribution in [2.24, 2.45) is 5.73 Å². The number of rotatable bonds is 5. The Morgan fingerprint density at radius 1 is 1.09 bits per heavy atom. The molecule has 3 aromatic rings. The van der Waals surface area contributed by atoms with E-state index in [0.29, 0.717) is 24.4 Å². The molecule has 2 aliphatic heterocycles. The van der Waals surface area contributed by atoms with Gasteiger partial charge in [-0.2, -0.15) is 0 Å². The number of carbonyl (C=O) groups excluding carboxylic acids is 2. The number of benzene rings is 2. The fourth-order valence-corrected chi connectivity index (χ4v) is 5.00. The molecule has 0 unspecified atom stereocenters. The first kappa shape index (κ1) is 20.3. The van der Waals surface area contributed by atoms with Gasteiger partial charge in [-0.1, -0.05) is 42.5 Å². The minimum absolute atomic E-state index is 0.00217. The lowest BCUT2D eigenvalue weighted by molar-refractivity contribution is -0.136. The number of hydrogen-bond acceptors (Lipinski definition) is 4. The van der Waals surface area contributed by atoms with Crippen LogP contribution in [-0.4, -0.2) is 45.0 Å². The Morgan fingerprint density at radius 2 is 1.88 bits per heavy atom. The minimum Gasteiger partial charge on any atom is -0.484 e. The van der Waals surface area contributed by atoms with Gasteiger partial charge in [-0.05, 0) is 37.5 Å². The second kappa shape index (κ2) is 8.15. The third kappa shape index (κ3) is 3.64. The molecule has 0 radical (unpaired) electrons. The number of nitrogens with two attached hydrogens (primary N) is 1. The van der Waals surface area contributed by atoms with Crippen LogP contribution in [0.5, 0.6) is 5.75 Å². The predicted octanol–water partition coefficient (Wildman–Crippen LogP) is 2.95. The average Bonchev–Trinajstić information content (AvgIpc) is 3.29. The third-order valence-corrected chi connectivity index (χ3v) is 6.42. The molecule has 2 N–H and O–H groups in total. The van der Waals surface area contributed by atoms with E-state index in [1.165, 1.54) is 0 Å². The number of aryl methyl sites for hydroxylation is 1. The molecule has 2 atom stereocenters. The summed E-state index contributed by atoms with van der Waals surface area (Å²) in [4.78, 5) is 32.0. The highest BCUT2D eigenvalue weighted by Crippen LogP contribution is 2.35. The highest BCUT2D eigenvalue weighted by Gasteiger charge is 2.42. The van der Waals surface area contributed by atoms with Gasteiger partial charge in [-0.25, -0.2) is 4.98 Å². The van der Waals surface area contributed by atoms with Gasteiger partial charge in [-0.3, -0.25) is 9.59 Å². The predicted molar refractivity (Wildman–Crippen MR) is 120 cm³/mol. The summed E-state index contributed by atoms with van der Waals surface area (Å²) in [6.07, 6.45) is 2.37. The minimum atomic E-state index is -0.533. The van der Waals surface area contributed by atoms with Crippen molar-refractivity contribution in [1.29, 1.82) is 0 Å². The van der Waals surface area contributed by atoms with E-state index >= 15 is 0 Å². The zero-order chi connectivity index (χ0) is 22.2. The van der Waals surface area contributed by atoms with E-state index in [2.05, 4.69) is 9.55 Å². The highest BCUT2D eigenvalue weighted by molar-refractivity contribution is 5.93. The van der Waals surface area contributed by atoms with Crippen LogP contribution in [-0.2, 0) is 17.8 Å². The molecule has 2 amide bonds. The fraction of sp³-hybridized carbons (Fsp3) is 0.320. The van der Waals surface area contributed by atoms with Crippen LogP contribution in [0, 0.1) is 6.92 Å². The zero-order valence-electron chi connectivity index (χ0n) is 18.0. The maximum absolute atomic E-state index is 13.2. The van der Waals surface area contributed by atoms with Crippen LogP contribution in [0.15, 0.2) is 54.6 Å². The Morgan fingerprint density at radius 3 is 2.62 bits per heavy atom. The van der Waals surface area contributed by atoms with Gasteiger partial charge in [-0.15, -0.1) is 0 Å². The zero-order valence-corrected chi connectivity index (χ0v) is 18.0. The number of carbonyl (C=O) groups is 2. The molecule has 1 saturated heterocycles. The van der Waals surface area contributed by atoms with Gasteiger partial charge >= 0.3 is 0 Å². The lowest BCUT2D eigenvalue weighted by atomic mass is 10.1. The van der Waals surface area contributed by atoms with Gasteiger partial charge in [0, 0.05) is 24.6 Å². The van der Waals surface area contributed by atoms with E-state index < -0.39 is 5.91 Å². The van der Waals surface area contributed by atoms with Crippen molar-refractivity contribution in [1.82, 2.24) is 14.5 Å². The summed E-state index contributed by atoms with van der Waals surface area (Å²) in [6, 6.07) is 17.5. The SMILES string of the molecule is Cc1cccc(OCC(=O)N2[C@@H]3CC[C@H]2Cc2c(C(N)=O)nc(-c4ccccc4)n2C3)c1. The molecule has 0 aliphatic carbocycles. The summed E-state index contributed by atoms with van der Waals surface area (Å²) in [5.74, 6) is 0.859. The molecule has 1 fully saturated rings. The number of hydrogen-bond donors (Lipinski definition) is 1. The van der Waals surface area contributed by atoms with E-state index in [-0.39, 0.29) is 24.6 Å². The van der Waals surface area contributed by atoms with Crippen LogP contribution >= 0.6 is 0 Å². The second-order valence-electron chi connectivity index (χ2n) is 8.57. The lowest BCUT2D eigenvalue weighted by Crippen LogP contribution is -2.44. The largest absolute Gasteiger partial charge is 0.484 e. The molecule has 2 aromatic carbocycles. The molecule has 2 bridgehead atoms. The first-order valence-corrected chi connectivity index (χ1v) is 11.0. The van der Waals surface area contributed by atoms with Crippen molar-refractivity contribution >= 4 is 11.8 Å². The summed E-state index contributed by atoms with van der Waals surface area (Å²) >= 11 is 0. The summed E-state index contributed by atoms with van der Waals surface area (Å²) in [5, 5.41) is 0. The number of fused-ring (bicyclic) bond motifs is 3. The molecule has 0 saturated carbocycles. The van der Waals surface area contributed by atoms with Gasteiger partial charge in [0.25, 0.3) is 11.8 Å². The van der Waals surface area contributed by atoms with Crippen LogP contribution in [0.4, 0.5) is 0 Å². The lowest BCUT2D eigenvalue weighted by Gasteiger charge is -2.28. The molecule has 164 valence electrons. The number of ether oxygens (including phenoxy) is 1. The summed E-state index contributed by atoms with van der Waals surface area (Å²) < 4.78 is 7.88. The van der Waals surface area contributed by atoms with Crippen LogP contribution in [0.3, 0.4) is 0 Å². The fourth-order valence-electron chi connectivity index (χ4n) is 5.00.